The van der Waals surface area contributed by atoms with Gasteiger partial charge in [-0.3, -0.25) is 0 Å². The van der Waals surface area contributed by atoms with Crippen LogP contribution in [0.4, 0.5) is 11.4 Å². The van der Waals surface area contributed by atoms with Crippen molar-refractivity contribution >= 4 is 27.3 Å². The number of benzene rings is 2. The second kappa shape index (κ2) is 6.20. The van der Waals surface area contributed by atoms with Gasteiger partial charge in [0.15, 0.2) is 0 Å². The van der Waals surface area contributed by atoms with Crippen LogP contribution < -0.4 is 10.6 Å². The molecule has 0 aliphatic carbocycles. The lowest BCUT2D eigenvalue weighted by Crippen LogP contribution is -2.27. The van der Waals surface area contributed by atoms with Gasteiger partial charge in [0.2, 0.25) is 0 Å². The maximum absolute atomic E-state index is 6.03. The van der Waals surface area contributed by atoms with E-state index in [9.17, 15) is 0 Å². The average Bonchev–Trinajstić information content (AvgIpc) is 2.48. The number of rotatable bonds is 3. The number of nitrogens with zero attached hydrogens (tertiary/aromatic N) is 1. The van der Waals surface area contributed by atoms with Crippen molar-refractivity contribution in [1.29, 1.82) is 0 Å². The summed E-state index contributed by atoms with van der Waals surface area (Å²) < 4.78 is 1.12. The quantitative estimate of drug-likeness (QED) is 0.892. The maximum atomic E-state index is 6.03. The van der Waals surface area contributed by atoms with Gasteiger partial charge in [0, 0.05) is 28.4 Å². The van der Waals surface area contributed by atoms with Crippen LogP contribution in [0.1, 0.15) is 24.5 Å². The van der Waals surface area contributed by atoms with Gasteiger partial charge in [-0.15, -0.1) is 0 Å². The number of hydrogen-bond acceptors (Lipinski definition) is 2. The Hall–Kier alpha value is -1.32. The minimum Gasteiger partial charge on any atom is -0.341 e. The van der Waals surface area contributed by atoms with Gasteiger partial charge in [-0.2, -0.15) is 0 Å². The highest BCUT2D eigenvalue weighted by molar-refractivity contribution is 9.10. The Morgan fingerprint density at radius 3 is 2.81 bits per heavy atom. The highest BCUT2D eigenvalue weighted by Gasteiger charge is 2.20. The number of fused-ring (bicyclic) bond motifs is 1. The number of hydrogen-bond donors (Lipinski definition) is 1. The lowest BCUT2D eigenvalue weighted by molar-refractivity contribution is 0.726. The first kappa shape index (κ1) is 14.6. The fraction of sp³-hybridized carbons (Fsp3) is 0.333. The predicted molar refractivity (Wildman–Crippen MR) is 93.3 cm³/mol. The summed E-state index contributed by atoms with van der Waals surface area (Å²) in [7, 11) is 0. The van der Waals surface area contributed by atoms with Crippen LogP contribution in [0.15, 0.2) is 46.9 Å². The van der Waals surface area contributed by atoms with E-state index in [2.05, 4.69) is 70.2 Å². The van der Waals surface area contributed by atoms with Crippen LogP contribution in [0.5, 0.6) is 0 Å². The zero-order valence-corrected chi connectivity index (χ0v) is 13.9. The zero-order chi connectivity index (χ0) is 14.8. The summed E-state index contributed by atoms with van der Waals surface area (Å²) in [6, 6.07) is 15.4. The molecule has 0 bridgehead atoms. The molecule has 1 aliphatic heterocycles. The highest BCUT2D eigenvalue weighted by atomic mass is 79.9. The van der Waals surface area contributed by atoms with Crippen molar-refractivity contribution in [2.75, 3.05) is 11.4 Å². The van der Waals surface area contributed by atoms with Gasteiger partial charge in [0.25, 0.3) is 0 Å². The summed E-state index contributed by atoms with van der Waals surface area (Å²) in [5.74, 6) is 0. The van der Waals surface area contributed by atoms with Crippen molar-refractivity contribution in [3.63, 3.8) is 0 Å². The highest BCUT2D eigenvalue weighted by Crippen LogP contribution is 2.36. The summed E-state index contributed by atoms with van der Waals surface area (Å²) in [4.78, 5) is 2.45. The van der Waals surface area contributed by atoms with Gasteiger partial charge in [-0.05, 0) is 55.5 Å². The Labute approximate surface area is 135 Å². The van der Waals surface area contributed by atoms with Gasteiger partial charge in [-0.1, -0.05) is 40.2 Å². The standard InChI is InChI=1S/C18H21BrN2/c1-13(20)11-15-8-9-16(19)12-18(15)21-10-4-6-14-5-2-3-7-17(14)21/h2-3,5,7-9,12-13H,4,6,10-11,20H2,1H3. The summed E-state index contributed by atoms with van der Waals surface area (Å²) in [5.41, 5.74) is 11.4. The van der Waals surface area contributed by atoms with Crippen LogP contribution in [0.2, 0.25) is 0 Å². The Morgan fingerprint density at radius 1 is 1.19 bits per heavy atom. The predicted octanol–water partition coefficient (Wildman–Crippen LogP) is 4.42. The molecule has 2 aromatic carbocycles. The zero-order valence-electron chi connectivity index (χ0n) is 12.3. The van der Waals surface area contributed by atoms with E-state index >= 15 is 0 Å². The van der Waals surface area contributed by atoms with Crippen LogP contribution in [-0.2, 0) is 12.8 Å². The summed E-state index contributed by atoms with van der Waals surface area (Å²) in [5, 5.41) is 0. The van der Waals surface area contributed by atoms with Crippen LogP contribution in [0.3, 0.4) is 0 Å². The lowest BCUT2D eigenvalue weighted by atomic mass is 9.98. The molecule has 110 valence electrons. The fourth-order valence-electron chi connectivity index (χ4n) is 3.09. The maximum Gasteiger partial charge on any atom is 0.0455 e. The first-order valence-electron chi connectivity index (χ1n) is 7.54. The minimum atomic E-state index is 0.171. The molecule has 3 rings (SSSR count). The summed E-state index contributed by atoms with van der Waals surface area (Å²) in [6.07, 6.45) is 3.27. The molecule has 0 radical (unpaired) electrons. The average molecular weight is 345 g/mol. The molecule has 0 saturated carbocycles. The van der Waals surface area contributed by atoms with E-state index in [1.165, 1.54) is 35.3 Å². The fourth-order valence-corrected chi connectivity index (χ4v) is 3.44. The van der Waals surface area contributed by atoms with Crippen LogP contribution in [0.25, 0.3) is 0 Å². The minimum absolute atomic E-state index is 0.171. The van der Waals surface area contributed by atoms with Gasteiger partial charge >= 0.3 is 0 Å². The van der Waals surface area contributed by atoms with Crippen LogP contribution in [-0.4, -0.2) is 12.6 Å². The van der Waals surface area contributed by atoms with Crippen molar-refractivity contribution in [3.8, 4) is 0 Å². The molecule has 2 nitrogen and oxygen atoms in total. The number of aryl methyl sites for hydroxylation is 1. The smallest absolute Gasteiger partial charge is 0.0455 e. The molecule has 0 saturated heterocycles. The monoisotopic (exact) mass is 344 g/mol. The lowest BCUT2D eigenvalue weighted by Gasteiger charge is -2.33. The largest absolute Gasteiger partial charge is 0.341 e. The second-order valence-electron chi connectivity index (χ2n) is 5.84. The number of para-hydroxylation sites is 1. The van der Waals surface area contributed by atoms with E-state index in [0.29, 0.717) is 0 Å². The molecule has 1 unspecified atom stereocenters. The van der Waals surface area contributed by atoms with Gasteiger partial charge < -0.3 is 10.6 Å². The van der Waals surface area contributed by atoms with E-state index in [0.717, 1.165) is 17.4 Å². The van der Waals surface area contributed by atoms with E-state index in [1.807, 2.05) is 0 Å². The first-order valence-corrected chi connectivity index (χ1v) is 8.34. The molecular weight excluding hydrogens is 324 g/mol. The first-order chi connectivity index (χ1) is 10.1. The van der Waals surface area contributed by atoms with Crippen molar-refractivity contribution in [2.45, 2.75) is 32.2 Å². The topological polar surface area (TPSA) is 29.3 Å². The van der Waals surface area contributed by atoms with E-state index < -0.39 is 0 Å². The third-order valence-electron chi connectivity index (χ3n) is 3.99. The van der Waals surface area contributed by atoms with Crippen LogP contribution in [0, 0.1) is 0 Å². The molecule has 0 fully saturated rings. The molecule has 0 spiro atoms. The molecular formula is C18H21BrN2. The molecule has 2 N–H and O–H groups in total. The van der Waals surface area contributed by atoms with Crippen molar-refractivity contribution < 1.29 is 0 Å². The van der Waals surface area contributed by atoms with E-state index in [-0.39, 0.29) is 6.04 Å². The molecule has 0 amide bonds. The second-order valence-corrected chi connectivity index (χ2v) is 6.75. The molecule has 3 heteroatoms. The SMILES string of the molecule is CC(N)Cc1ccc(Br)cc1N1CCCc2ccccc21. The van der Waals surface area contributed by atoms with E-state index in [4.69, 9.17) is 5.73 Å². The summed E-state index contributed by atoms with van der Waals surface area (Å²) >= 11 is 3.61. The van der Waals surface area contributed by atoms with Crippen molar-refractivity contribution in [1.82, 2.24) is 0 Å². The number of anilines is 2. The van der Waals surface area contributed by atoms with E-state index in [1.54, 1.807) is 0 Å². The molecule has 0 aromatic heterocycles. The molecule has 21 heavy (non-hydrogen) atoms. The van der Waals surface area contributed by atoms with Crippen molar-refractivity contribution in [3.05, 3.63) is 58.1 Å². The van der Waals surface area contributed by atoms with Gasteiger partial charge in [0.1, 0.15) is 0 Å². The Balaban J connectivity index is 2.06. The van der Waals surface area contributed by atoms with Crippen LogP contribution >= 0.6 is 15.9 Å². The molecule has 1 heterocycles. The number of nitrogens with two attached hydrogens (primary N) is 1. The normalized spacial score (nSPS) is 15.7. The molecule has 1 atom stereocenters. The number of halogens is 1. The Morgan fingerprint density at radius 2 is 2.00 bits per heavy atom. The van der Waals surface area contributed by atoms with Crippen molar-refractivity contribution in [2.24, 2.45) is 5.73 Å². The summed E-state index contributed by atoms with van der Waals surface area (Å²) in [6.45, 7) is 3.13. The molecule has 1 aliphatic rings. The van der Waals surface area contributed by atoms with Gasteiger partial charge in [0.05, 0.1) is 0 Å². The Kier molecular flexibility index (Phi) is 4.32. The van der Waals surface area contributed by atoms with Gasteiger partial charge in [-0.25, -0.2) is 0 Å². The third kappa shape index (κ3) is 3.14. The third-order valence-corrected chi connectivity index (χ3v) is 4.48. The molecule has 2 aromatic rings. The Bertz CT molecular complexity index is 637.